The molecule has 1 aromatic rings. The van der Waals surface area contributed by atoms with Crippen LogP contribution in [0.3, 0.4) is 0 Å². The number of hydrogen-bond donors (Lipinski definition) is 1. The summed E-state index contributed by atoms with van der Waals surface area (Å²) >= 11 is 0. The molecule has 2 aliphatic rings. The molecule has 2 fully saturated rings. The number of alkyl halides is 3. The first-order valence-electron chi connectivity index (χ1n) is 6.75. The van der Waals surface area contributed by atoms with Crippen molar-refractivity contribution in [3.63, 3.8) is 0 Å². The smallest absolute Gasteiger partial charge is 0.410 e. The van der Waals surface area contributed by atoms with Crippen molar-refractivity contribution >= 4 is 6.09 Å². The molecule has 0 saturated carbocycles. The summed E-state index contributed by atoms with van der Waals surface area (Å²) in [7, 11) is 0. The number of likely N-dealkylation sites (tertiary alicyclic amines) is 1. The number of amides is 1. The number of benzene rings is 1. The second-order valence-corrected chi connectivity index (χ2v) is 5.38. The van der Waals surface area contributed by atoms with Gasteiger partial charge in [-0.15, -0.1) is 0 Å². The SMILES string of the molecule is O=C(OCc1ccccc1)N1C[C@@H]2C[C@H]1C(C(F)(F)F)N2. The molecular formula is C14H15F3N2O2. The Hall–Kier alpha value is -1.76. The molecule has 4 nitrogen and oxygen atoms in total. The summed E-state index contributed by atoms with van der Waals surface area (Å²) in [6.07, 6.45) is -4.70. The van der Waals surface area contributed by atoms with Crippen molar-refractivity contribution in [3.8, 4) is 0 Å². The van der Waals surface area contributed by atoms with E-state index in [0.29, 0.717) is 6.42 Å². The van der Waals surface area contributed by atoms with Crippen molar-refractivity contribution in [2.45, 2.75) is 37.3 Å². The van der Waals surface area contributed by atoms with Gasteiger partial charge in [-0.25, -0.2) is 4.79 Å². The molecule has 3 rings (SSSR count). The number of carbonyl (C=O) groups is 1. The Morgan fingerprint density at radius 3 is 2.67 bits per heavy atom. The molecule has 7 heteroatoms. The highest BCUT2D eigenvalue weighted by Gasteiger charge is 2.57. The molecule has 2 aliphatic heterocycles. The highest BCUT2D eigenvalue weighted by Crippen LogP contribution is 2.36. The van der Waals surface area contributed by atoms with Crippen LogP contribution in [0.4, 0.5) is 18.0 Å². The highest BCUT2D eigenvalue weighted by molar-refractivity contribution is 5.69. The van der Waals surface area contributed by atoms with Gasteiger partial charge in [-0.2, -0.15) is 13.2 Å². The van der Waals surface area contributed by atoms with E-state index in [1.807, 2.05) is 18.2 Å². The third kappa shape index (κ3) is 2.83. The average molecular weight is 300 g/mol. The standard InChI is InChI=1S/C14H15F3N2O2/c15-14(16,17)12-11-6-10(18-12)7-19(11)13(20)21-8-9-4-2-1-3-5-9/h1-5,10-12,18H,6-8H2/t10-,11-,12?/m0/s1. The van der Waals surface area contributed by atoms with Crippen LogP contribution in [0, 0.1) is 0 Å². The number of hydrogen-bond acceptors (Lipinski definition) is 3. The van der Waals surface area contributed by atoms with Crippen molar-refractivity contribution in [3.05, 3.63) is 35.9 Å². The van der Waals surface area contributed by atoms with Crippen molar-refractivity contribution in [1.29, 1.82) is 0 Å². The zero-order valence-corrected chi connectivity index (χ0v) is 11.1. The topological polar surface area (TPSA) is 41.6 Å². The van der Waals surface area contributed by atoms with Gasteiger partial charge in [-0.05, 0) is 12.0 Å². The van der Waals surface area contributed by atoms with Gasteiger partial charge in [0.2, 0.25) is 0 Å². The van der Waals surface area contributed by atoms with E-state index in [2.05, 4.69) is 5.32 Å². The van der Waals surface area contributed by atoms with E-state index < -0.39 is 24.4 Å². The van der Waals surface area contributed by atoms with Gasteiger partial charge in [0.05, 0.1) is 6.04 Å². The zero-order chi connectivity index (χ0) is 15.0. The van der Waals surface area contributed by atoms with Crippen LogP contribution in [0.1, 0.15) is 12.0 Å². The maximum Gasteiger partial charge on any atom is 0.410 e. The van der Waals surface area contributed by atoms with E-state index in [-0.39, 0.29) is 19.2 Å². The normalized spacial score (nSPS) is 28.0. The van der Waals surface area contributed by atoms with Crippen LogP contribution in [0.2, 0.25) is 0 Å². The van der Waals surface area contributed by atoms with Crippen LogP contribution in [-0.2, 0) is 11.3 Å². The van der Waals surface area contributed by atoms with Crippen LogP contribution in [0.25, 0.3) is 0 Å². The number of ether oxygens (including phenoxy) is 1. The van der Waals surface area contributed by atoms with Gasteiger partial charge in [0.25, 0.3) is 0 Å². The molecule has 2 heterocycles. The molecule has 3 atom stereocenters. The minimum absolute atomic E-state index is 0.0671. The van der Waals surface area contributed by atoms with Crippen molar-refractivity contribution in [2.75, 3.05) is 6.54 Å². The molecule has 0 spiro atoms. The predicted octanol–water partition coefficient (Wildman–Crippen LogP) is 2.30. The molecule has 0 radical (unpaired) electrons. The second-order valence-electron chi connectivity index (χ2n) is 5.38. The highest BCUT2D eigenvalue weighted by atomic mass is 19.4. The summed E-state index contributed by atoms with van der Waals surface area (Å²) < 4.78 is 43.7. The first kappa shape index (κ1) is 14.2. The number of piperazine rings is 1. The van der Waals surface area contributed by atoms with Crippen LogP contribution in [0.15, 0.2) is 30.3 Å². The van der Waals surface area contributed by atoms with E-state index >= 15 is 0 Å². The summed E-state index contributed by atoms with van der Waals surface area (Å²) in [6, 6.07) is 6.23. The van der Waals surface area contributed by atoms with Crippen molar-refractivity contribution < 1.29 is 22.7 Å². The Kier molecular flexibility index (Phi) is 3.52. The molecule has 0 aromatic heterocycles. The summed E-state index contributed by atoms with van der Waals surface area (Å²) in [5.41, 5.74) is 0.806. The largest absolute Gasteiger partial charge is 0.445 e. The molecule has 21 heavy (non-hydrogen) atoms. The number of nitrogens with one attached hydrogen (secondary N) is 1. The van der Waals surface area contributed by atoms with E-state index in [0.717, 1.165) is 5.56 Å². The lowest BCUT2D eigenvalue weighted by Gasteiger charge is -2.34. The fourth-order valence-electron chi connectivity index (χ4n) is 2.99. The van der Waals surface area contributed by atoms with Gasteiger partial charge in [0.15, 0.2) is 0 Å². The van der Waals surface area contributed by atoms with Crippen molar-refractivity contribution in [1.82, 2.24) is 10.2 Å². The van der Waals surface area contributed by atoms with Gasteiger partial charge in [-0.3, -0.25) is 5.32 Å². The van der Waals surface area contributed by atoms with Gasteiger partial charge in [0, 0.05) is 12.6 Å². The van der Waals surface area contributed by atoms with E-state index in [4.69, 9.17) is 4.74 Å². The first-order chi connectivity index (χ1) is 9.95. The van der Waals surface area contributed by atoms with Crippen LogP contribution in [0.5, 0.6) is 0 Å². The van der Waals surface area contributed by atoms with Crippen LogP contribution < -0.4 is 5.32 Å². The van der Waals surface area contributed by atoms with Gasteiger partial charge in [0.1, 0.15) is 12.6 Å². The number of carbonyl (C=O) groups excluding carboxylic acids is 1. The molecule has 2 bridgehead atoms. The van der Waals surface area contributed by atoms with Crippen molar-refractivity contribution in [2.24, 2.45) is 0 Å². The Morgan fingerprint density at radius 2 is 2.05 bits per heavy atom. The summed E-state index contributed by atoms with van der Waals surface area (Å²) in [6.45, 7) is 0.336. The van der Waals surface area contributed by atoms with Gasteiger partial charge < -0.3 is 9.64 Å². The fraction of sp³-hybridized carbons (Fsp3) is 0.500. The third-order valence-corrected chi connectivity index (χ3v) is 3.94. The Morgan fingerprint density at radius 1 is 1.33 bits per heavy atom. The molecule has 1 aromatic carbocycles. The van der Waals surface area contributed by atoms with Gasteiger partial charge in [-0.1, -0.05) is 30.3 Å². The Bertz CT molecular complexity index is 521. The number of rotatable bonds is 2. The monoisotopic (exact) mass is 300 g/mol. The lowest BCUT2D eigenvalue weighted by atomic mass is 10.1. The maximum absolute atomic E-state index is 12.9. The molecule has 1 unspecified atom stereocenters. The molecule has 114 valence electrons. The number of halogens is 3. The second kappa shape index (κ2) is 5.22. The zero-order valence-electron chi connectivity index (χ0n) is 11.1. The molecule has 1 amide bonds. The third-order valence-electron chi connectivity index (χ3n) is 3.94. The van der Waals surface area contributed by atoms with E-state index in [1.54, 1.807) is 12.1 Å². The molecule has 2 saturated heterocycles. The minimum Gasteiger partial charge on any atom is -0.445 e. The molecule has 0 aliphatic carbocycles. The van der Waals surface area contributed by atoms with Gasteiger partial charge >= 0.3 is 12.3 Å². The Labute approximate surface area is 119 Å². The summed E-state index contributed by atoms with van der Waals surface area (Å²) in [5.74, 6) is 0. The molecule has 1 N–H and O–H groups in total. The lowest BCUT2D eigenvalue weighted by molar-refractivity contribution is -0.166. The average Bonchev–Trinajstić information content (AvgIpc) is 3.05. The van der Waals surface area contributed by atoms with Crippen LogP contribution in [-0.4, -0.2) is 41.8 Å². The summed E-state index contributed by atoms with van der Waals surface area (Å²) in [4.78, 5) is 13.2. The molecular weight excluding hydrogens is 285 g/mol. The Balaban J connectivity index is 1.61. The van der Waals surface area contributed by atoms with E-state index in [1.165, 1.54) is 4.90 Å². The number of nitrogens with zero attached hydrogens (tertiary/aromatic N) is 1. The number of fused-ring (bicyclic) bond motifs is 2. The quantitative estimate of drug-likeness (QED) is 0.911. The lowest BCUT2D eigenvalue weighted by Crippen LogP contribution is -2.58. The maximum atomic E-state index is 12.9. The predicted molar refractivity (Wildman–Crippen MR) is 68.5 cm³/mol. The fourth-order valence-corrected chi connectivity index (χ4v) is 2.99. The first-order valence-corrected chi connectivity index (χ1v) is 6.75. The minimum atomic E-state index is -4.35. The van der Waals surface area contributed by atoms with E-state index in [9.17, 15) is 18.0 Å². The van der Waals surface area contributed by atoms with Crippen LogP contribution >= 0.6 is 0 Å². The summed E-state index contributed by atoms with van der Waals surface area (Å²) in [5, 5.41) is 2.51.